The molecular weight excluding hydrogens is 3340 g/mol. The van der Waals surface area contributed by atoms with Gasteiger partial charge in [0.15, 0.2) is 0 Å². The predicted molar refractivity (Wildman–Crippen MR) is 671 cm³/mol. The Labute approximate surface area is 1130 Å². The van der Waals surface area contributed by atoms with Crippen LogP contribution >= 0.6 is 928 Å². The number of halogens is 80. The van der Waals surface area contributed by atoms with Crippen molar-refractivity contribution in [2.75, 3.05) is 221 Å². The Bertz CT molecular complexity index is 333. The molecule has 0 heterocycles. The molecule has 1 N–H and O–H groups in total. The third-order valence-corrected chi connectivity index (χ3v) is 0. The van der Waals surface area contributed by atoms with E-state index in [2.05, 4.69) is 0 Å². The molecule has 0 atom stereocenters. The molecule has 0 fully saturated rings. The van der Waals surface area contributed by atoms with Crippen LogP contribution < -0.4 is 0 Å². The molecule has 81 heteroatoms. The highest BCUT2D eigenvalue weighted by Crippen LogP contribution is 1.84. The Morgan fingerprint density at radius 1 is 0.0574 bits per heavy atom. The molecule has 1 nitrogen and oxygen atoms in total. The number of hydrogen-bond acceptors (Lipinski definition) is 1. The molecule has 0 aromatic heterocycles. The third-order valence-electron chi connectivity index (χ3n) is 0. The van der Waals surface area contributed by atoms with E-state index in [-0.39, 0.29) is 214 Å². The minimum Gasteiger partial charge on any atom is -0.400 e. The minimum absolute atomic E-state index is 0.194. The molecule has 0 aliphatic carbocycles. The highest BCUT2D eigenvalue weighted by atomic mass is 35.6. The van der Waals surface area contributed by atoms with Crippen LogP contribution in [0.2, 0.25) is 0 Å². The van der Waals surface area contributed by atoms with Crippen molar-refractivity contribution in [2.24, 2.45) is 0 Å². The summed E-state index contributed by atoms with van der Waals surface area (Å²) in [5, 5.41) is 14.8. The average molecular weight is 3430 g/mol. The fourth-order valence-electron chi connectivity index (χ4n) is 0. The molecule has 0 aliphatic rings. The molecule has 0 aliphatic heterocycles. The normalized spacial score (nSPS) is 5.95. The van der Waals surface area contributed by atoms with E-state index in [1.54, 1.807) is 0 Å². The van der Waals surface area contributed by atoms with Crippen LogP contribution in [0.3, 0.4) is 0 Å². The van der Waals surface area contributed by atoms with Crippen molar-refractivity contribution in [3.8, 4) is 0 Å². The zero-order chi connectivity index (χ0) is 110. The Kier molecular flexibility index (Phi) is 1690. The molecule has 0 bridgehead atoms. The van der Waals surface area contributed by atoms with Crippen LogP contribution in [0.25, 0.3) is 0 Å². The van der Waals surface area contributed by atoms with Gasteiger partial charge in [0.2, 0.25) is 0 Å². The first-order valence-electron chi connectivity index (χ1n) is 21.8. The second-order valence-corrected chi connectivity index (χ2v) is 36.4. The predicted octanol–water partition coefficient (Wildman–Crippen LogP) is 56.5. The molecule has 0 aromatic rings. The number of alkyl halides is 80. The quantitative estimate of drug-likeness (QED) is 0.240. The molecule has 0 spiro atoms. The lowest BCUT2D eigenvalue weighted by molar-refractivity contribution is 0.399. The van der Waals surface area contributed by atoms with Crippen LogP contribution in [0.5, 0.6) is 0 Å². The summed E-state index contributed by atoms with van der Waals surface area (Å²) in [5.74, 6) is 0. The molecule has 0 aromatic carbocycles. The van der Waals surface area contributed by atoms with Crippen molar-refractivity contribution in [1.29, 1.82) is 0 Å². The smallest absolute Gasteiger partial charge is 0.0967 e. The van der Waals surface area contributed by atoms with Gasteiger partial charge >= 0.3 is 0 Å². The van der Waals surface area contributed by atoms with E-state index >= 15 is 0 Å². The lowest BCUT2D eigenvalue weighted by Gasteiger charge is -1.42. The third kappa shape index (κ3) is 5390. The van der Waals surface area contributed by atoms with E-state index in [0.29, 0.717) is 0 Å². The van der Waals surface area contributed by atoms with Gasteiger partial charge in [-0.1, -0.05) is 0 Å². The monoisotopic (exact) mass is 3390 g/mol. The highest BCUT2D eigenvalue weighted by molar-refractivity contribution is 6.51. The van der Waals surface area contributed by atoms with Crippen molar-refractivity contribution in [1.82, 2.24) is 0 Å². The first-order chi connectivity index (χ1) is 57.6. The zero-order valence-electron chi connectivity index (χ0n) is 60.0. The Morgan fingerprint density at radius 2 is 0.0574 bits per heavy atom. The van der Waals surface area contributed by atoms with Crippen LogP contribution in [0, 0.1) is 0 Å². The molecule has 0 unspecified atom stereocenters. The Balaban J connectivity index is -0.0000000141. The lowest BCUT2D eigenvalue weighted by atomic mass is 11.8. The van der Waals surface area contributed by atoms with Crippen LogP contribution in [0.4, 0.5) is 0 Å². The van der Waals surface area contributed by atoms with Gasteiger partial charge in [0.25, 0.3) is 0 Å². The first-order valence-corrected chi connectivity index (χ1v) is 64.6. The summed E-state index contributed by atoms with van der Waals surface area (Å²) < 4.78 is 0. The van der Waals surface area contributed by atoms with Gasteiger partial charge < -0.3 is 5.11 Å². The highest BCUT2D eigenvalue weighted by Gasteiger charge is 1.52. The van der Waals surface area contributed by atoms with Gasteiger partial charge in [-0.3, -0.25) is 0 Å². The standard InChI is InChI=1S/40CH2Cl2.CH4O/c40*2-1-3;1-2/h40*1H2;2H,1H3. The fourth-order valence-corrected chi connectivity index (χ4v) is 0. The van der Waals surface area contributed by atoms with Gasteiger partial charge in [0.05, 0.1) is 214 Å². The van der Waals surface area contributed by atoms with Crippen molar-refractivity contribution >= 4 is 928 Å². The molecule has 0 saturated heterocycles. The van der Waals surface area contributed by atoms with Gasteiger partial charge in [0.1, 0.15) is 0 Å². The van der Waals surface area contributed by atoms with Gasteiger partial charge in [-0.2, -0.15) is 0 Å². The van der Waals surface area contributed by atoms with E-state index in [9.17, 15) is 0 Å². The maximum atomic E-state index is 7.00. The molecule has 0 radical (unpaired) electrons. The van der Waals surface area contributed by atoms with E-state index in [0.717, 1.165) is 7.11 Å². The maximum Gasteiger partial charge on any atom is 0.0967 e. The molecule has 0 rings (SSSR count). The topological polar surface area (TPSA) is 20.2 Å². The largest absolute Gasteiger partial charge is 0.400 e. The van der Waals surface area contributed by atoms with Crippen LogP contribution in [-0.2, 0) is 0 Å². The van der Waals surface area contributed by atoms with Gasteiger partial charge in [-0.05, 0) is 0 Å². The van der Waals surface area contributed by atoms with Crippen molar-refractivity contribution in [3.63, 3.8) is 0 Å². The SMILES string of the molecule is CO.ClCCl.ClCCl.ClCCl.ClCCl.ClCCl.ClCCl.ClCCl.ClCCl.ClCCl.ClCCl.ClCCl.ClCCl.ClCCl.ClCCl.ClCCl.ClCCl.ClCCl.ClCCl.ClCCl.ClCCl.ClCCl.ClCCl.ClCCl.ClCCl.ClCCl.ClCCl.ClCCl.ClCCl.ClCCl.ClCCl.ClCCl.ClCCl.ClCCl.ClCCl.ClCCl.ClCCl.ClCCl.ClCCl.ClCCl.ClCCl. The second kappa shape index (κ2) is 741. The van der Waals surface area contributed by atoms with Crippen LogP contribution in [0.15, 0.2) is 0 Å². The van der Waals surface area contributed by atoms with Crippen LogP contribution in [0.1, 0.15) is 0 Å². The summed E-state index contributed by atoms with van der Waals surface area (Å²) in [5.41, 5.74) is 0. The van der Waals surface area contributed by atoms with Crippen molar-refractivity contribution < 1.29 is 5.11 Å². The van der Waals surface area contributed by atoms with Gasteiger partial charge in [0, 0.05) is 7.11 Å². The van der Waals surface area contributed by atoms with Gasteiger partial charge in [-0.15, -0.1) is 928 Å². The molecule has 0 amide bonds. The number of hydrogen-bond donors (Lipinski definition) is 1. The van der Waals surface area contributed by atoms with E-state index < -0.39 is 0 Å². The summed E-state index contributed by atoms with van der Waals surface area (Å²) in [6, 6.07) is 0. The summed E-state index contributed by atoms with van der Waals surface area (Å²) in [4.78, 5) is 0. The summed E-state index contributed by atoms with van der Waals surface area (Å²) in [6.45, 7) is 0. The summed E-state index contributed by atoms with van der Waals surface area (Å²) >= 11 is 381. The number of aliphatic hydroxyl groups excluding tert-OH is 1. The lowest BCUT2D eigenvalue weighted by Crippen LogP contribution is -1.25. The van der Waals surface area contributed by atoms with Crippen molar-refractivity contribution in [2.45, 2.75) is 0 Å². The number of rotatable bonds is 0. The minimum atomic E-state index is 0.194. The maximum absolute atomic E-state index is 7.00. The Hall–Kier alpha value is 23.2. The zero-order valence-corrected chi connectivity index (χ0v) is 120. The average Bonchev–Trinajstić information content (AvgIpc) is 3.64. The van der Waals surface area contributed by atoms with Gasteiger partial charge in [-0.25, -0.2) is 0 Å². The fraction of sp³-hybridized carbons (Fsp3) is 1.00. The van der Waals surface area contributed by atoms with E-state index in [1.807, 2.05) is 0 Å². The molecule has 122 heavy (non-hydrogen) atoms. The Morgan fingerprint density at radius 3 is 0.0574 bits per heavy atom. The molecule has 814 valence electrons. The summed E-state index contributed by atoms with van der Waals surface area (Å²) in [7, 11) is 1.00. The van der Waals surface area contributed by atoms with E-state index in [1.165, 1.54) is 0 Å². The van der Waals surface area contributed by atoms with Crippen LogP contribution in [-0.4, -0.2) is 226 Å². The number of aliphatic hydroxyl groups is 1. The molecule has 0 saturated carbocycles. The second-order valence-electron chi connectivity index (χ2n) is 4.04. The molecular formula is C41H84Cl80O. The first kappa shape index (κ1) is 278. The van der Waals surface area contributed by atoms with E-state index in [4.69, 9.17) is 933 Å². The van der Waals surface area contributed by atoms with Crippen molar-refractivity contribution in [3.05, 3.63) is 0 Å². The summed E-state index contributed by atoms with van der Waals surface area (Å²) in [6.07, 6.45) is 0.